The fraction of sp³-hybridized carbons (Fsp3) is 0.348. The fourth-order valence-corrected chi connectivity index (χ4v) is 5.22. The van der Waals surface area contributed by atoms with Crippen LogP contribution in [0.1, 0.15) is 17.2 Å². The molecule has 1 aromatic heterocycles. The van der Waals surface area contributed by atoms with Crippen LogP contribution in [-0.4, -0.2) is 46.5 Å². The Bertz CT molecular complexity index is 942. The van der Waals surface area contributed by atoms with Crippen LogP contribution in [0.4, 0.5) is 0 Å². The van der Waals surface area contributed by atoms with E-state index < -0.39 is 5.54 Å². The lowest BCUT2D eigenvalue weighted by Crippen LogP contribution is -2.47. The Morgan fingerprint density at radius 2 is 1.79 bits per heavy atom. The third kappa shape index (κ3) is 2.70. The first kappa shape index (κ1) is 17.6. The van der Waals surface area contributed by atoms with Crippen LogP contribution in [0.3, 0.4) is 0 Å². The lowest BCUT2D eigenvalue weighted by atomic mass is 9.76. The molecule has 5 heteroatoms. The average molecular weight is 374 g/mol. The van der Waals surface area contributed by atoms with Gasteiger partial charge < -0.3 is 10.0 Å². The molecule has 0 spiro atoms. The van der Waals surface area contributed by atoms with E-state index >= 15 is 0 Å². The van der Waals surface area contributed by atoms with Crippen LogP contribution in [0.2, 0.25) is 0 Å². The quantitative estimate of drug-likeness (QED) is 0.737. The number of nitrogens with zero attached hydrogens (tertiary/aromatic N) is 3. The molecule has 28 heavy (non-hydrogen) atoms. The van der Waals surface area contributed by atoms with Crippen molar-refractivity contribution in [2.75, 3.05) is 26.7 Å². The number of benzene rings is 2. The van der Waals surface area contributed by atoms with Gasteiger partial charge in [-0.15, -0.1) is 0 Å². The number of likely N-dealkylation sites (tertiary alicyclic amines) is 1. The van der Waals surface area contributed by atoms with E-state index in [9.17, 15) is 5.11 Å². The third-order valence-electron chi connectivity index (χ3n) is 6.54. The summed E-state index contributed by atoms with van der Waals surface area (Å²) in [5, 5.41) is 19.0. The average Bonchev–Trinajstić information content (AvgIpc) is 3.44. The summed E-state index contributed by atoms with van der Waals surface area (Å²) < 4.78 is 1.94. The number of hydrogen-bond acceptors (Lipinski definition) is 4. The van der Waals surface area contributed by atoms with Crippen LogP contribution in [0.15, 0.2) is 73.1 Å². The van der Waals surface area contributed by atoms with Gasteiger partial charge in [0.05, 0.1) is 24.0 Å². The normalized spacial score (nSPS) is 29.9. The molecule has 2 aliphatic heterocycles. The van der Waals surface area contributed by atoms with Crippen molar-refractivity contribution >= 4 is 0 Å². The van der Waals surface area contributed by atoms with E-state index in [4.69, 9.17) is 0 Å². The topological polar surface area (TPSA) is 53.3 Å². The molecular formula is C23H26N4O. The molecule has 4 atom stereocenters. The van der Waals surface area contributed by atoms with Crippen molar-refractivity contribution in [3.8, 4) is 5.69 Å². The molecule has 0 bridgehead atoms. The summed E-state index contributed by atoms with van der Waals surface area (Å²) in [5.74, 6) is 0.792. The molecule has 3 heterocycles. The Labute approximate surface area is 165 Å². The first-order chi connectivity index (χ1) is 13.7. The molecule has 0 unspecified atom stereocenters. The number of nitrogens with one attached hydrogen (secondary N) is 1. The molecule has 0 saturated carbocycles. The minimum Gasteiger partial charge on any atom is -0.394 e. The van der Waals surface area contributed by atoms with Gasteiger partial charge in [0.1, 0.15) is 0 Å². The Morgan fingerprint density at radius 1 is 1.07 bits per heavy atom. The Morgan fingerprint density at radius 3 is 2.50 bits per heavy atom. The van der Waals surface area contributed by atoms with E-state index in [1.54, 1.807) is 0 Å². The number of hydrogen-bond donors (Lipinski definition) is 2. The van der Waals surface area contributed by atoms with Crippen molar-refractivity contribution in [2.45, 2.75) is 11.6 Å². The predicted octanol–water partition coefficient (Wildman–Crippen LogP) is 2.58. The van der Waals surface area contributed by atoms with Gasteiger partial charge in [0.15, 0.2) is 0 Å². The fourth-order valence-electron chi connectivity index (χ4n) is 5.22. The Balaban J connectivity index is 1.53. The van der Waals surface area contributed by atoms with Gasteiger partial charge in [0, 0.05) is 36.8 Å². The number of aliphatic hydroxyl groups is 1. The van der Waals surface area contributed by atoms with Crippen LogP contribution in [0, 0.1) is 11.8 Å². The van der Waals surface area contributed by atoms with Gasteiger partial charge in [-0.05, 0) is 30.7 Å². The second-order valence-electron chi connectivity index (χ2n) is 8.16. The molecule has 0 amide bonds. The van der Waals surface area contributed by atoms with Crippen molar-refractivity contribution in [1.82, 2.24) is 20.0 Å². The maximum atomic E-state index is 10.5. The van der Waals surface area contributed by atoms with E-state index in [1.165, 1.54) is 11.1 Å². The Hall–Kier alpha value is -2.47. The zero-order valence-corrected chi connectivity index (χ0v) is 16.1. The molecule has 0 aliphatic carbocycles. The molecule has 3 aromatic rings. The number of fused-ring (bicyclic) bond motifs is 1. The minimum absolute atomic E-state index is 0.0926. The van der Waals surface area contributed by atoms with Crippen LogP contribution in [0.5, 0.6) is 0 Å². The standard InChI is InChI=1S/C23H26N4O/c1-26-14-20-21(15-26)23(16-28,18-8-4-2-5-9-18)25-22(20)17-12-24-27(13-17)19-10-6-3-7-11-19/h2-13,20-22,25,28H,14-16H2,1H3/t20-,21+,22-,23-/m1/s1. The SMILES string of the molecule is CN1C[C@H]2[C@@H](c3cnn(-c4ccccc4)c3)N[C@](CO)(c3ccccc3)[C@H]2C1. The van der Waals surface area contributed by atoms with E-state index in [1.807, 2.05) is 35.1 Å². The number of aromatic nitrogens is 2. The summed E-state index contributed by atoms with van der Waals surface area (Å²) in [6, 6.07) is 20.8. The second-order valence-corrected chi connectivity index (χ2v) is 8.16. The highest BCUT2D eigenvalue weighted by Gasteiger charge is 2.57. The monoisotopic (exact) mass is 374 g/mol. The summed E-state index contributed by atoms with van der Waals surface area (Å²) >= 11 is 0. The highest BCUT2D eigenvalue weighted by molar-refractivity contribution is 5.35. The first-order valence-corrected chi connectivity index (χ1v) is 9.94. The molecule has 5 rings (SSSR count). The number of rotatable bonds is 4. The highest BCUT2D eigenvalue weighted by Crippen LogP contribution is 2.51. The van der Waals surface area contributed by atoms with E-state index in [0.717, 1.165) is 18.8 Å². The van der Waals surface area contributed by atoms with E-state index in [-0.39, 0.29) is 12.6 Å². The molecule has 2 aliphatic rings. The van der Waals surface area contributed by atoms with Crippen molar-refractivity contribution in [3.63, 3.8) is 0 Å². The molecule has 2 saturated heterocycles. The first-order valence-electron chi connectivity index (χ1n) is 9.94. The smallest absolute Gasteiger partial charge is 0.0718 e. The summed E-state index contributed by atoms with van der Waals surface area (Å²) in [6.45, 7) is 2.10. The maximum Gasteiger partial charge on any atom is 0.0718 e. The van der Waals surface area contributed by atoms with Crippen molar-refractivity contribution in [3.05, 3.63) is 84.2 Å². The van der Waals surface area contributed by atoms with Gasteiger partial charge in [0.25, 0.3) is 0 Å². The lowest BCUT2D eigenvalue weighted by molar-refractivity contribution is 0.129. The molecule has 5 nitrogen and oxygen atoms in total. The van der Waals surface area contributed by atoms with E-state index in [0.29, 0.717) is 11.8 Å². The summed E-state index contributed by atoms with van der Waals surface area (Å²) in [5.41, 5.74) is 2.99. The van der Waals surface area contributed by atoms with Gasteiger partial charge in [-0.2, -0.15) is 5.10 Å². The van der Waals surface area contributed by atoms with Crippen LogP contribution < -0.4 is 5.32 Å². The lowest BCUT2D eigenvalue weighted by Gasteiger charge is -2.35. The van der Waals surface area contributed by atoms with Crippen molar-refractivity contribution in [1.29, 1.82) is 0 Å². The van der Waals surface area contributed by atoms with Crippen LogP contribution in [0.25, 0.3) is 5.69 Å². The number of aliphatic hydroxyl groups excluding tert-OH is 1. The van der Waals surface area contributed by atoms with Crippen LogP contribution in [-0.2, 0) is 5.54 Å². The van der Waals surface area contributed by atoms with Crippen molar-refractivity contribution in [2.24, 2.45) is 11.8 Å². The van der Waals surface area contributed by atoms with Gasteiger partial charge in [-0.3, -0.25) is 5.32 Å². The van der Waals surface area contributed by atoms with Gasteiger partial charge in [-0.25, -0.2) is 4.68 Å². The number of para-hydroxylation sites is 1. The Kier molecular flexibility index (Phi) is 4.31. The molecule has 2 aromatic carbocycles. The van der Waals surface area contributed by atoms with Gasteiger partial charge >= 0.3 is 0 Å². The second kappa shape index (κ2) is 6.85. The minimum atomic E-state index is -0.420. The molecule has 2 fully saturated rings. The maximum absolute atomic E-state index is 10.5. The third-order valence-corrected chi connectivity index (χ3v) is 6.54. The summed E-state index contributed by atoms with van der Waals surface area (Å²) in [6.07, 6.45) is 4.10. The molecule has 2 N–H and O–H groups in total. The highest BCUT2D eigenvalue weighted by atomic mass is 16.3. The van der Waals surface area contributed by atoms with Gasteiger partial charge in [-0.1, -0.05) is 48.5 Å². The summed E-state index contributed by atoms with van der Waals surface area (Å²) in [4.78, 5) is 2.39. The van der Waals surface area contributed by atoms with E-state index in [2.05, 4.69) is 65.0 Å². The van der Waals surface area contributed by atoms with Crippen molar-refractivity contribution < 1.29 is 5.11 Å². The molecule has 144 valence electrons. The summed E-state index contributed by atoms with van der Waals surface area (Å²) in [7, 11) is 2.18. The zero-order chi connectivity index (χ0) is 19.1. The predicted molar refractivity (Wildman–Crippen MR) is 109 cm³/mol. The molecule has 0 radical (unpaired) electrons. The van der Waals surface area contributed by atoms with Crippen LogP contribution >= 0.6 is 0 Å². The van der Waals surface area contributed by atoms with Gasteiger partial charge in [0.2, 0.25) is 0 Å². The largest absolute Gasteiger partial charge is 0.394 e. The molecular weight excluding hydrogens is 348 g/mol. The zero-order valence-electron chi connectivity index (χ0n) is 16.1.